The second-order valence-electron chi connectivity index (χ2n) is 6.34. The third kappa shape index (κ3) is 5.62. The molecule has 0 aliphatic heterocycles. The Morgan fingerprint density at radius 3 is 2.64 bits per heavy atom. The predicted octanol–water partition coefficient (Wildman–Crippen LogP) is 4.44. The Balaban J connectivity index is 1.60. The van der Waals surface area contributed by atoms with Gasteiger partial charge in [0.2, 0.25) is 0 Å². The maximum absolute atomic E-state index is 4.75. The zero-order chi connectivity index (χ0) is 19.8. The number of thiazole rings is 2. The summed E-state index contributed by atoms with van der Waals surface area (Å²) >= 11 is 3.51. The van der Waals surface area contributed by atoms with Gasteiger partial charge in [-0.1, -0.05) is 37.3 Å². The average molecular weight is 414 g/mol. The summed E-state index contributed by atoms with van der Waals surface area (Å²) in [4.78, 5) is 16.5. The first-order chi connectivity index (χ1) is 13.7. The van der Waals surface area contributed by atoms with Crippen molar-refractivity contribution in [2.45, 2.75) is 40.2 Å². The monoisotopic (exact) mass is 413 g/mol. The highest BCUT2D eigenvalue weighted by Gasteiger charge is 2.09. The molecule has 148 valence electrons. The zero-order valence-electron chi connectivity index (χ0n) is 16.7. The number of aliphatic imine (C=N–C) groups is 1. The van der Waals surface area contributed by atoms with Gasteiger partial charge in [-0.3, -0.25) is 0 Å². The molecule has 2 aromatic heterocycles. The summed E-state index contributed by atoms with van der Waals surface area (Å²) in [5.41, 5.74) is 2.21. The van der Waals surface area contributed by atoms with Crippen LogP contribution in [-0.2, 0) is 19.4 Å². The molecule has 3 rings (SSSR count). The van der Waals surface area contributed by atoms with E-state index in [2.05, 4.69) is 48.5 Å². The molecule has 0 aliphatic rings. The van der Waals surface area contributed by atoms with Gasteiger partial charge in [-0.25, -0.2) is 15.0 Å². The molecule has 1 aromatic carbocycles. The normalized spacial score (nSPS) is 11.6. The van der Waals surface area contributed by atoms with Crippen LogP contribution in [0.3, 0.4) is 0 Å². The fraction of sp³-hybridized carbons (Fsp3) is 0.381. The lowest BCUT2D eigenvalue weighted by Crippen LogP contribution is -2.38. The van der Waals surface area contributed by atoms with Gasteiger partial charge in [-0.05, 0) is 20.3 Å². The first-order valence-corrected chi connectivity index (χ1v) is 11.3. The van der Waals surface area contributed by atoms with E-state index in [1.54, 1.807) is 22.7 Å². The molecular weight excluding hydrogens is 386 g/mol. The predicted molar refractivity (Wildman–Crippen MR) is 120 cm³/mol. The van der Waals surface area contributed by atoms with E-state index in [9.17, 15) is 0 Å². The third-order valence-corrected chi connectivity index (χ3v) is 6.61. The van der Waals surface area contributed by atoms with Crippen LogP contribution >= 0.6 is 22.7 Å². The van der Waals surface area contributed by atoms with Crippen molar-refractivity contribution in [1.29, 1.82) is 0 Å². The average Bonchev–Trinajstić information content (AvgIpc) is 3.33. The van der Waals surface area contributed by atoms with Crippen LogP contribution in [0.5, 0.6) is 0 Å². The Labute approximate surface area is 175 Å². The molecule has 0 saturated heterocycles. The van der Waals surface area contributed by atoms with Crippen molar-refractivity contribution < 1.29 is 0 Å². The van der Waals surface area contributed by atoms with E-state index in [4.69, 9.17) is 9.98 Å². The minimum atomic E-state index is 0.628. The number of nitrogens with zero attached hydrogens (tertiary/aromatic N) is 3. The first-order valence-electron chi connectivity index (χ1n) is 9.67. The van der Waals surface area contributed by atoms with Crippen LogP contribution in [0.25, 0.3) is 10.6 Å². The van der Waals surface area contributed by atoms with Crippen LogP contribution in [0, 0.1) is 6.92 Å². The minimum absolute atomic E-state index is 0.628. The molecule has 5 nitrogen and oxygen atoms in total. The number of guanidine groups is 1. The van der Waals surface area contributed by atoms with Crippen molar-refractivity contribution in [1.82, 2.24) is 20.6 Å². The molecule has 28 heavy (non-hydrogen) atoms. The van der Waals surface area contributed by atoms with Crippen LogP contribution in [0.4, 0.5) is 0 Å². The van der Waals surface area contributed by atoms with Gasteiger partial charge in [0, 0.05) is 41.0 Å². The number of hydrogen-bond donors (Lipinski definition) is 2. The van der Waals surface area contributed by atoms with Crippen molar-refractivity contribution in [3.8, 4) is 10.6 Å². The number of aromatic nitrogens is 2. The number of nitrogens with one attached hydrogen (secondary N) is 2. The lowest BCUT2D eigenvalue weighted by molar-refractivity contribution is 0.797. The van der Waals surface area contributed by atoms with Gasteiger partial charge in [0.1, 0.15) is 5.01 Å². The Hall–Kier alpha value is -2.25. The molecule has 0 amide bonds. The molecule has 0 fully saturated rings. The van der Waals surface area contributed by atoms with Crippen LogP contribution in [-0.4, -0.2) is 29.0 Å². The summed E-state index contributed by atoms with van der Waals surface area (Å²) in [5.74, 6) is 0.837. The van der Waals surface area contributed by atoms with Crippen molar-refractivity contribution in [2.24, 2.45) is 4.99 Å². The van der Waals surface area contributed by atoms with Crippen LogP contribution in [0.1, 0.15) is 34.3 Å². The van der Waals surface area contributed by atoms with Crippen molar-refractivity contribution in [3.05, 3.63) is 57.0 Å². The van der Waals surface area contributed by atoms with Gasteiger partial charge in [-0.2, -0.15) is 0 Å². The van der Waals surface area contributed by atoms with Gasteiger partial charge >= 0.3 is 0 Å². The second kappa shape index (κ2) is 10.3. The summed E-state index contributed by atoms with van der Waals surface area (Å²) in [6.07, 6.45) is 3.94. The second-order valence-corrected chi connectivity index (χ2v) is 8.62. The Morgan fingerprint density at radius 2 is 1.93 bits per heavy atom. The quantitative estimate of drug-likeness (QED) is 0.423. The Bertz CT molecular complexity index is 899. The van der Waals surface area contributed by atoms with Crippen LogP contribution in [0.2, 0.25) is 0 Å². The van der Waals surface area contributed by atoms with E-state index in [-0.39, 0.29) is 0 Å². The SMILES string of the molecule is CCNC(=NCc1sc(-c2ccccc2)nc1C)NCCc1ncc(CC)s1. The molecule has 3 aromatic rings. The molecule has 2 heterocycles. The number of rotatable bonds is 8. The van der Waals surface area contributed by atoms with E-state index < -0.39 is 0 Å². The van der Waals surface area contributed by atoms with Gasteiger partial charge < -0.3 is 10.6 Å². The third-order valence-electron chi connectivity index (χ3n) is 4.22. The Kier molecular flexibility index (Phi) is 7.56. The Morgan fingerprint density at radius 1 is 1.11 bits per heavy atom. The van der Waals surface area contributed by atoms with Gasteiger partial charge in [-0.15, -0.1) is 22.7 Å². The lowest BCUT2D eigenvalue weighted by Gasteiger charge is -2.10. The van der Waals surface area contributed by atoms with Crippen molar-refractivity contribution >= 4 is 28.6 Å². The minimum Gasteiger partial charge on any atom is -0.357 e. The molecule has 2 N–H and O–H groups in total. The maximum Gasteiger partial charge on any atom is 0.191 e. The summed E-state index contributed by atoms with van der Waals surface area (Å²) in [6.45, 7) is 8.58. The van der Waals surface area contributed by atoms with Gasteiger partial charge in [0.15, 0.2) is 5.96 Å². The van der Waals surface area contributed by atoms with Crippen molar-refractivity contribution in [3.63, 3.8) is 0 Å². The highest BCUT2D eigenvalue weighted by molar-refractivity contribution is 7.15. The molecule has 0 aliphatic carbocycles. The highest BCUT2D eigenvalue weighted by Crippen LogP contribution is 2.28. The molecule has 0 atom stereocenters. The topological polar surface area (TPSA) is 62.2 Å². The highest BCUT2D eigenvalue weighted by atomic mass is 32.1. The van der Waals surface area contributed by atoms with Crippen LogP contribution < -0.4 is 10.6 Å². The van der Waals surface area contributed by atoms with Crippen molar-refractivity contribution in [2.75, 3.05) is 13.1 Å². The molecule has 0 spiro atoms. The number of hydrogen-bond acceptors (Lipinski definition) is 5. The maximum atomic E-state index is 4.75. The van der Waals surface area contributed by atoms with E-state index >= 15 is 0 Å². The standard InChI is InChI=1S/C21H27N5S2/c1-4-17-13-24-19(27-17)11-12-23-21(22-5-2)25-14-18-15(3)26-20(28-18)16-9-7-6-8-10-16/h6-10,13H,4-5,11-12,14H2,1-3H3,(H2,22,23,25). The lowest BCUT2D eigenvalue weighted by atomic mass is 10.2. The summed E-state index contributed by atoms with van der Waals surface area (Å²) in [5, 5.41) is 8.96. The summed E-state index contributed by atoms with van der Waals surface area (Å²) < 4.78 is 0. The summed E-state index contributed by atoms with van der Waals surface area (Å²) in [6, 6.07) is 10.3. The zero-order valence-corrected chi connectivity index (χ0v) is 18.3. The number of aryl methyl sites for hydroxylation is 2. The van der Waals surface area contributed by atoms with Gasteiger partial charge in [0.05, 0.1) is 17.2 Å². The molecule has 0 radical (unpaired) electrons. The van der Waals surface area contributed by atoms with Gasteiger partial charge in [0.25, 0.3) is 0 Å². The molecule has 0 bridgehead atoms. The molecule has 0 unspecified atom stereocenters. The van der Waals surface area contributed by atoms with E-state index in [1.807, 2.05) is 24.4 Å². The van der Waals surface area contributed by atoms with E-state index in [0.29, 0.717) is 6.54 Å². The summed E-state index contributed by atoms with van der Waals surface area (Å²) in [7, 11) is 0. The fourth-order valence-corrected chi connectivity index (χ4v) is 4.54. The first kappa shape index (κ1) is 20.5. The smallest absolute Gasteiger partial charge is 0.191 e. The largest absolute Gasteiger partial charge is 0.357 e. The number of benzene rings is 1. The fourth-order valence-electron chi connectivity index (χ4n) is 2.69. The molecule has 0 saturated carbocycles. The molecular formula is C21H27N5S2. The van der Waals surface area contributed by atoms with E-state index in [0.717, 1.165) is 48.2 Å². The van der Waals surface area contributed by atoms with Crippen LogP contribution in [0.15, 0.2) is 41.5 Å². The molecule has 7 heteroatoms. The van der Waals surface area contributed by atoms with E-state index in [1.165, 1.54) is 14.8 Å².